The average molecular weight is 542 g/mol. The molecule has 2 aromatic rings. The van der Waals surface area contributed by atoms with Gasteiger partial charge in [-0.2, -0.15) is 0 Å². The van der Waals surface area contributed by atoms with E-state index in [1.165, 1.54) is 4.90 Å². The normalized spacial score (nSPS) is 17.8. The van der Waals surface area contributed by atoms with Gasteiger partial charge >= 0.3 is 12.1 Å². The molecular weight excluding hydrogens is 502 g/mol. The maximum Gasteiger partial charge on any atom is 0.409 e. The highest BCUT2D eigenvalue weighted by atomic mass is 16.5. The number of amides is 4. The Bertz CT molecular complexity index is 1170. The molecule has 3 atom stereocenters. The van der Waals surface area contributed by atoms with Crippen molar-refractivity contribution in [3.8, 4) is 0 Å². The van der Waals surface area contributed by atoms with Gasteiger partial charge in [0.05, 0.1) is 6.04 Å². The smallest absolute Gasteiger partial charge is 0.409 e. The van der Waals surface area contributed by atoms with Crippen molar-refractivity contribution in [1.82, 2.24) is 20.3 Å². The number of aryl methyl sites for hydroxylation is 2. The van der Waals surface area contributed by atoms with Gasteiger partial charge in [-0.15, -0.1) is 0 Å². The summed E-state index contributed by atoms with van der Waals surface area (Å²) in [5, 5.41) is 19.7. The van der Waals surface area contributed by atoms with Gasteiger partial charge in [0.2, 0.25) is 5.78 Å². The molecule has 1 aromatic carbocycles. The third-order valence-corrected chi connectivity index (χ3v) is 7.10. The first-order chi connectivity index (χ1) is 18.4. The Kier molecular flexibility index (Phi) is 9.36. The number of nitrogens with one attached hydrogen (secondary N) is 2. The molecule has 1 saturated heterocycles. The lowest BCUT2D eigenvalue weighted by Crippen LogP contribution is -2.58. The first kappa shape index (κ1) is 29.7. The van der Waals surface area contributed by atoms with Crippen LogP contribution in [0.2, 0.25) is 0 Å². The number of carboxylic acid groups (broad SMARTS) is 1. The SMILES string of the molecule is CCCCC(C(=O)C(=O)N[C@H](C)c1ccccc1)N(C(=O)O)C1CC(C)(C)CN1C(=O)Nc1c(C)noc1C. The van der Waals surface area contributed by atoms with Gasteiger partial charge in [0.1, 0.15) is 23.6 Å². The van der Waals surface area contributed by atoms with Crippen molar-refractivity contribution in [2.45, 2.75) is 85.5 Å². The predicted molar refractivity (Wildman–Crippen MR) is 145 cm³/mol. The maximum atomic E-state index is 13.5. The molecule has 0 spiro atoms. The van der Waals surface area contributed by atoms with Crippen LogP contribution in [0.5, 0.6) is 0 Å². The molecule has 4 amide bonds. The summed E-state index contributed by atoms with van der Waals surface area (Å²) in [4.78, 5) is 55.2. The van der Waals surface area contributed by atoms with Crippen LogP contribution < -0.4 is 10.6 Å². The number of nitrogens with zero attached hydrogens (tertiary/aromatic N) is 3. The van der Waals surface area contributed by atoms with Crippen molar-refractivity contribution in [1.29, 1.82) is 0 Å². The summed E-state index contributed by atoms with van der Waals surface area (Å²) in [6.07, 6.45) is -0.638. The van der Waals surface area contributed by atoms with Gasteiger partial charge in [-0.05, 0) is 44.6 Å². The lowest BCUT2D eigenvalue weighted by Gasteiger charge is -2.37. The van der Waals surface area contributed by atoms with Gasteiger partial charge in [0, 0.05) is 6.54 Å². The number of ketones is 1. The lowest BCUT2D eigenvalue weighted by molar-refractivity contribution is -0.142. The molecule has 3 rings (SSSR count). The molecule has 0 radical (unpaired) electrons. The third kappa shape index (κ3) is 6.96. The van der Waals surface area contributed by atoms with Crippen LogP contribution >= 0.6 is 0 Å². The van der Waals surface area contributed by atoms with E-state index in [0.29, 0.717) is 36.4 Å². The van der Waals surface area contributed by atoms with Crippen LogP contribution in [0.4, 0.5) is 15.3 Å². The van der Waals surface area contributed by atoms with Crippen LogP contribution in [0.15, 0.2) is 34.9 Å². The van der Waals surface area contributed by atoms with Gasteiger partial charge in [0.25, 0.3) is 5.91 Å². The fourth-order valence-electron chi connectivity index (χ4n) is 5.04. The molecular formula is C28H39N5O6. The molecule has 2 heterocycles. The summed E-state index contributed by atoms with van der Waals surface area (Å²) in [5.41, 5.74) is 1.29. The minimum atomic E-state index is -1.37. The summed E-state index contributed by atoms with van der Waals surface area (Å²) in [6.45, 7) is 11.2. The molecule has 1 aliphatic rings. The number of hydrogen-bond donors (Lipinski definition) is 3. The summed E-state index contributed by atoms with van der Waals surface area (Å²) in [7, 11) is 0. The summed E-state index contributed by atoms with van der Waals surface area (Å²) in [5.74, 6) is -1.28. The quantitative estimate of drug-likeness (QED) is 0.364. The van der Waals surface area contributed by atoms with E-state index in [1.807, 2.05) is 51.1 Å². The molecule has 11 nitrogen and oxygen atoms in total. The van der Waals surface area contributed by atoms with Crippen LogP contribution in [0.25, 0.3) is 0 Å². The van der Waals surface area contributed by atoms with Gasteiger partial charge in [-0.3, -0.25) is 14.5 Å². The molecule has 39 heavy (non-hydrogen) atoms. The van der Waals surface area contributed by atoms with Gasteiger partial charge in [0.15, 0.2) is 5.76 Å². The van der Waals surface area contributed by atoms with E-state index in [0.717, 1.165) is 10.5 Å². The second-order valence-corrected chi connectivity index (χ2v) is 10.9. The Labute approximate surface area is 228 Å². The molecule has 1 fully saturated rings. The fourth-order valence-corrected chi connectivity index (χ4v) is 5.04. The van der Waals surface area contributed by atoms with Crippen molar-refractivity contribution < 1.29 is 28.8 Å². The molecule has 1 aromatic heterocycles. The summed E-state index contributed by atoms with van der Waals surface area (Å²) in [6, 6.07) is 6.96. The Hall–Kier alpha value is -3.89. The second-order valence-electron chi connectivity index (χ2n) is 10.9. The summed E-state index contributed by atoms with van der Waals surface area (Å²) < 4.78 is 5.14. The monoisotopic (exact) mass is 541 g/mol. The number of likely N-dealkylation sites (tertiary alicyclic amines) is 1. The van der Waals surface area contributed by atoms with Gasteiger partial charge in [-0.25, -0.2) is 9.59 Å². The second kappa shape index (κ2) is 12.3. The van der Waals surface area contributed by atoms with Crippen molar-refractivity contribution in [3.05, 3.63) is 47.3 Å². The number of hydrogen-bond acceptors (Lipinski definition) is 6. The van der Waals surface area contributed by atoms with Crippen LogP contribution in [0.1, 0.15) is 76.4 Å². The van der Waals surface area contributed by atoms with E-state index < -0.39 is 47.5 Å². The van der Waals surface area contributed by atoms with Crippen LogP contribution in [-0.4, -0.2) is 62.6 Å². The average Bonchev–Trinajstić information content (AvgIpc) is 3.38. The fraction of sp³-hybridized carbons (Fsp3) is 0.536. The number of benzene rings is 1. The molecule has 0 aliphatic carbocycles. The Balaban J connectivity index is 1.90. The number of unbranched alkanes of at least 4 members (excludes halogenated alkanes) is 1. The van der Waals surface area contributed by atoms with Crippen LogP contribution in [0.3, 0.4) is 0 Å². The number of anilines is 1. The zero-order valence-corrected chi connectivity index (χ0v) is 23.5. The Morgan fingerprint density at radius 1 is 1.21 bits per heavy atom. The number of Topliss-reactive ketones (excluding diaryl/α,β-unsaturated/α-hetero) is 1. The van der Waals surface area contributed by atoms with Gasteiger partial charge in [-0.1, -0.05) is 69.1 Å². The first-order valence-corrected chi connectivity index (χ1v) is 13.3. The van der Waals surface area contributed by atoms with Crippen molar-refractivity contribution in [2.24, 2.45) is 5.41 Å². The minimum Gasteiger partial charge on any atom is -0.465 e. The van der Waals surface area contributed by atoms with E-state index in [1.54, 1.807) is 20.8 Å². The molecule has 0 saturated carbocycles. The van der Waals surface area contributed by atoms with E-state index in [2.05, 4.69) is 15.8 Å². The highest BCUT2D eigenvalue weighted by Gasteiger charge is 2.48. The van der Waals surface area contributed by atoms with Crippen LogP contribution in [0, 0.1) is 19.3 Å². The molecule has 1 aliphatic heterocycles. The largest absolute Gasteiger partial charge is 0.465 e. The van der Waals surface area contributed by atoms with Crippen molar-refractivity contribution >= 4 is 29.5 Å². The standard InChI is InChI=1S/C28H39N5O6/c1-7-8-14-21(24(34)25(35)29-17(2)20-12-10-9-11-13-20)33(27(37)38)22-15-28(5,6)16-32(22)26(36)30-23-18(3)31-39-19(23)4/h9-13,17,21-22H,7-8,14-16H2,1-6H3,(H,29,35)(H,30,36)(H,37,38)/t17-,21?,22?/m1/s1. The highest BCUT2D eigenvalue weighted by molar-refractivity contribution is 6.38. The van der Waals surface area contributed by atoms with Crippen molar-refractivity contribution in [3.63, 3.8) is 0 Å². The van der Waals surface area contributed by atoms with E-state index in [4.69, 9.17) is 4.52 Å². The number of rotatable bonds is 10. The summed E-state index contributed by atoms with van der Waals surface area (Å²) >= 11 is 0. The minimum absolute atomic E-state index is 0.158. The molecule has 11 heteroatoms. The zero-order chi connectivity index (χ0) is 28.9. The zero-order valence-electron chi connectivity index (χ0n) is 23.5. The topological polar surface area (TPSA) is 145 Å². The Morgan fingerprint density at radius 2 is 1.87 bits per heavy atom. The van der Waals surface area contributed by atoms with E-state index in [9.17, 15) is 24.3 Å². The van der Waals surface area contributed by atoms with Crippen molar-refractivity contribution in [2.75, 3.05) is 11.9 Å². The molecule has 212 valence electrons. The Morgan fingerprint density at radius 3 is 2.44 bits per heavy atom. The van der Waals surface area contributed by atoms with Crippen LogP contribution in [-0.2, 0) is 9.59 Å². The van der Waals surface area contributed by atoms with E-state index >= 15 is 0 Å². The van der Waals surface area contributed by atoms with E-state index in [-0.39, 0.29) is 13.0 Å². The number of aromatic nitrogens is 1. The third-order valence-electron chi connectivity index (χ3n) is 7.10. The number of carbonyl (C=O) groups is 4. The number of carbonyl (C=O) groups excluding carboxylic acids is 3. The predicted octanol–water partition coefficient (Wildman–Crippen LogP) is 4.87. The lowest BCUT2D eigenvalue weighted by atomic mass is 9.91. The first-order valence-electron chi connectivity index (χ1n) is 13.3. The maximum absolute atomic E-state index is 13.5. The number of urea groups is 1. The van der Waals surface area contributed by atoms with Gasteiger partial charge < -0.3 is 25.2 Å². The molecule has 0 bridgehead atoms. The molecule has 2 unspecified atom stereocenters. The molecule has 3 N–H and O–H groups in total. The highest BCUT2D eigenvalue weighted by Crippen LogP contribution is 2.37.